The van der Waals surface area contributed by atoms with E-state index in [1.165, 1.54) is 12.8 Å². The number of nitrogens with zero attached hydrogens (tertiary/aromatic N) is 1. The highest BCUT2D eigenvalue weighted by molar-refractivity contribution is 5.79. The van der Waals surface area contributed by atoms with Crippen LogP contribution >= 0.6 is 0 Å². The lowest BCUT2D eigenvalue weighted by Gasteiger charge is -2.26. The van der Waals surface area contributed by atoms with Crippen LogP contribution < -0.4 is 10.6 Å². The molecule has 1 amide bonds. The van der Waals surface area contributed by atoms with Gasteiger partial charge in [0.15, 0.2) is 0 Å². The zero-order chi connectivity index (χ0) is 14.7. The number of likely N-dealkylation sites (tertiary alicyclic amines) is 1. The second kappa shape index (κ2) is 6.62. The van der Waals surface area contributed by atoms with E-state index >= 15 is 0 Å². The molecule has 0 aliphatic carbocycles. The Morgan fingerprint density at radius 3 is 2.95 bits per heavy atom. The lowest BCUT2D eigenvalue weighted by atomic mass is 10.0. The van der Waals surface area contributed by atoms with Crippen molar-refractivity contribution < 1.29 is 9.21 Å². The minimum atomic E-state index is 0.0980. The van der Waals surface area contributed by atoms with Crippen molar-refractivity contribution in [2.45, 2.75) is 38.3 Å². The van der Waals surface area contributed by atoms with E-state index in [9.17, 15) is 4.79 Å². The number of carbonyl (C=O) groups is 1. The Kier molecular flexibility index (Phi) is 4.60. The monoisotopic (exact) mass is 291 g/mol. The zero-order valence-electron chi connectivity index (χ0n) is 12.7. The van der Waals surface area contributed by atoms with Crippen molar-refractivity contribution in [3.63, 3.8) is 0 Å². The second-order valence-corrected chi connectivity index (χ2v) is 6.16. The summed E-state index contributed by atoms with van der Waals surface area (Å²) in [6.07, 6.45) is 5.11. The Morgan fingerprint density at radius 2 is 2.33 bits per heavy atom. The average Bonchev–Trinajstić information content (AvgIpc) is 3.21. The van der Waals surface area contributed by atoms with Gasteiger partial charge in [-0.1, -0.05) is 0 Å². The van der Waals surface area contributed by atoms with Gasteiger partial charge in [-0.25, -0.2) is 0 Å². The number of amides is 1. The third-order valence-electron chi connectivity index (χ3n) is 4.78. The molecule has 2 fully saturated rings. The van der Waals surface area contributed by atoms with E-state index in [1.54, 1.807) is 6.26 Å². The lowest BCUT2D eigenvalue weighted by Crippen LogP contribution is -2.41. The summed E-state index contributed by atoms with van der Waals surface area (Å²) < 4.78 is 5.58. The van der Waals surface area contributed by atoms with Gasteiger partial charge in [0.1, 0.15) is 5.76 Å². The van der Waals surface area contributed by atoms with Crippen molar-refractivity contribution in [1.29, 1.82) is 0 Å². The van der Waals surface area contributed by atoms with Gasteiger partial charge in [-0.15, -0.1) is 0 Å². The Morgan fingerprint density at radius 1 is 1.52 bits per heavy atom. The maximum Gasteiger partial charge on any atom is 0.224 e. The molecule has 5 heteroatoms. The van der Waals surface area contributed by atoms with Crippen LogP contribution in [0.5, 0.6) is 0 Å². The molecule has 2 aliphatic rings. The molecule has 1 aromatic rings. The molecule has 3 atom stereocenters. The number of carbonyl (C=O) groups excluding carboxylic acids is 1. The fraction of sp³-hybridized carbons (Fsp3) is 0.688. The fourth-order valence-corrected chi connectivity index (χ4v) is 3.49. The molecule has 116 valence electrons. The minimum absolute atomic E-state index is 0.0980. The van der Waals surface area contributed by atoms with Gasteiger partial charge < -0.3 is 15.1 Å². The summed E-state index contributed by atoms with van der Waals surface area (Å²) >= 11 is 0. The quantitative estimate of drug-likeness (QED) is 0.864. The van der Waals surface area contributed by atoms with Gasteiger partial charge in [0.25, 0.3) is 0 Å². The first-order chi connectivity index (χ1) is 10.3. The third kappa shape index (κ3) is 3.30. The molecule has 2 saturated heterocycles. The van der Waals surface area contributed by atoms with E-state index in [0.29, 0.717) is 6.54 Å². The predicted octanol–water partition coefficient (Wildman–Crippen LogP) is 1.53. The highest BCUT2D eigenvalue weighted by Crippen LogP contribution is 2.25. The molecule has 3 unspecified atom stereocenters. The number of furan rings is 1. The zero-order valence-corrected chi connectivity index (χ0v) is 12.7. The van der Waals surface area contributed by atoms with Crippen LogP contribution in [0.2, 0.25) is 0 Å². The minimum Gasteiger partial charge on any atom is -0.468 e. The highest BCUT2D eigenvalue weighted by Gasteiger charge is 2.31. The largest absolute Gasteiger partial charge is 0.468 e. The number of hydrogen-bond acceptors (Lipinski definition) is 4. The van der Waals surface area contributed by atoms with Gasteiger partial charge in [-0.05, 0) is 58.0 Å². The van der Waals surface area contributed by atoms with E-state index in [-0.39, 0.29) is 23.9 Å². The van der Waals surface area contributed by atoms with E-state index in [4.69, 9.17) is 4.42 Å². The normalized spacial score (nSPS) is 27.9. The molecule has 0 saturated carbocycles. The average molecular weight is 291 g/mol. The lowest BCUT2D eigenvalue weighted by molar-refractivity contribution is -0.125. The molecule has 3 heterocycles. The van der Waals surface area contributed by atoms with Crippen molar-refractivity contribution in [2.75, 3.05) is 26.2 Å². The molecule has 1 aromatic heterocycles. The highest BCUT2D eigenvalue weighted by atomic mass is 16.3. The van der Waals surface area contributed by atoms with Crippen molar-refractivity contribution in [2.24, 2.45) is 5.92 Å². The Labute approximate surface area is 126 Å². The molecule has 0 aromatic carbocycles. The fourth-order valence-electron chi connectivity index (χ4n) is 3.49. The molecule has 0 spiro atoms. The van der Waals surface area contributed by atoms with E-state index in [2.05, 4.69) is 22.5 Å². The van der Waals surface area contributed by atoms with Crippen LogP contribution in [0.4, 0.5) is 0 Å². The SMILES string of the molecule is CC1NCCC1C(=O)NCC(c1ccco1)N1CCCC1. The van der Waals surface area contributed by atoms with Crippen molar-refractivity contribution in [1.82, 2.24) is 15.5 Å². The van der Waals surface area contributed by atoms with Gasteiger partial charge in [0.05, 0.1) is 18.2 Å². The van der Waals surface area contributed by atoms with Crippen LogP contribution in [0.15, 0.2) is 22.8 Å². The van der Waals surface area contributed by atoms with Crippen LogP contribution in [-0.4, -0.2) is 43.0 Å². The molecule has 5 nitrogen and oxygen atoms in total. The summed E-state index contributed by atoms with van der Waals surface area (Å²) in [6.45, 7) is 5.83. The molecular formula is C16H25N3O2. The number of rotatable bonds is 5. The first-order valence-electron chi connectivity index (χ1n) is 8.04. The molecule has 2 aliphatic heterocycles. The van der Waals surface area contributed by atoms with Crippen LogP contribution in [0.3, 0.4) is 0 Å². The number of hydrogen-bond donors (Lipinski definition) is 2. The van der Waals surface area contributed by atoms with Gasteiger partial charge in [0.2, 0.25) is 5.91 Å². The summed E-state index contributed by atoms with van der Waals surface area (Å²) in [5.74, 6) is 1.22. The van der Waals surface area contributed by atoms with Crippen LogP contribution in [-0.2, 0) is 4.79 Å². The van der Waals surface area contributed by atoms with Crippen LogP contribution in [0, 0.1) is 5.92 Å². The van der Waals surface area contributed by atoms with Crippen molar-refractivity contribution in [3.8, 4) is 0 Å². The first-order valence-corrected chi connectivity index (χ1v) is 8.04. The Bertz CT molecular complexity index is 454. The predicted molar refractivity (Wildman–Crippen MR) is 80.8 cm³/mol. The third-order valence-corrected chi connectivity index (χ3v) is 4.78. The summed E-state index contributed by atoms with van der Waals surface area (Å²) in [5, 5.41) is 6.47. The summed E-state index contributed by atoms with van der Waals surface area (Å²) in [5.41, 5.74) is 0. The first kappa shape index (κ1) is 14.6. The van der Waals surface area contributed by atoms with Crippen molar-refractivity contribution >= 4 is 5.91 Å². The molecular weight excluding hydrogens is 266 g/mol. The van der Waals surface area contributed by atoms with E-state index in [0.717, 1.165) is 31.8 Å². The molecule has 21 heavy (non-hydrogen) atoms. The Balaban J connectivity index is 1.60. The Hall–Kier alpha value is -1.33. The van der Waals surface area contributed by atoms with Crippen molar-refractivity contribution in [3.05, 3.63) is 24.2 Å². The van der Waals surface area contributed by atoms with Gasteiger partial charge in [-0.2, -0.15) is 0 Å². The van der Waals surface area contributed by atoms with Gasteiger partial charge in [-0.3, -0.25) is 9.69 Å². The van der Waals surface area contributed by atoms with Gasteiger partial charge >= 0.3 is 0 Å². The molecule has 0 radical (unpaired) electrons. The van der Waals surface area contributed by atoms with E-state index < -0.39 is 0 Å². The topological polar surface area (TPSA) is 57.5 Å². The second-order valence-electron chi connectivity index (χ2n) is 6.16. The smallest absolute Gasteiger partial charge is 0.224 e. The van der Waals surface area contributed by atoms with Crippen LogP contribution in [0.25, 0.3) is 0 Å². The molecule has 0 bridgehead atoms. The maximum atomic E-state index is 12.3. The van der Waals surface area contributed by atoms with Crippen LogP contribution in [0.1, 0.15) is 38.0 Å². The molecule has 2 N–H and O–H groups in total. The van der Waals surface area contributed by atoms with Gasteiger partial charge in [0, 0.05) is 12.6 Å². The summed E-state index contributed by atoms with van der Waals surface area (Å²) in [4.78, 5) is 14.8. The van der Waals surface area contributed by atoms with E-state index in [1.807, 2.05) is 12.1 Å². The molecule has 3 rings (SSSR count). The summed E-state index contributed by atoms with van der Waals surface area (Å²) in [7, 11) is 0. The maximum absolute atomic E-state index is 12.3. The standard InChI is InChI=1S/C16H25N3O2/c1-12-13(6-7-17-12)16(20)18-11-14(15-5-4-10-21-15)19-8-2-3-9-19/h4-5,10,12-14,17H,2-3,6-9,11H2,1H3,(H,18,20). The summed E-state index contributed by atoms with van der Waals surface area (Å²) in [6, 6.07) is 4.37. The number of nitrogens with one attached hydrogen (secondary N) is 2.